The normalized spacial score (nSPS) is 18.1. The molecular formula is C11H19CrN3O4. The Bertz CT molecular complexity index is 492. The monoisotopic (exact) mass is 309 g/mol. The van der Waals surface area contributed by atoms with Crippen molar-refractivity contribution in [1.82, 2.24) is 4.90 Å². The van der Waals surface area contributed by atoms with Gasteiger partial charge in [-0.1, -0.05) is 0 Å². The van der Waals surface area contributed by atoms with Crippen molar-refractivity contribution in [2.75, 3.05) is 13.1 Å². The van der Waals surface area contributed by atoms with Gasteiger partial charge < -0.3 is 10.4 Å². The molecule has 0 bridgehead atoms. The van der Waals surface area contributed by atoms with Crippen LogP contribution in [0.15, 0.2) is 23.9 Å². The predicted octanol–water partition coefficient (Wildman–Crippen LogP) is 0.735. The summed E-state index contributed by atoms with van der Waals surface area (Å²) in [6, 6.07) is 0. The Morgan fingerprint density at radius 2 is 1.79 bits per heavy atom. The molecule has 0 heterocycles. The van der Waals surface area contributed by atoms with Crippen LogP contribution in [-0.4, -0.2) is 36.8 Å². The molecule has 1 aliphatic carbocycles. The van der Waals surface area contributed by atoms with Crippen molar-refractivity contribution in [2.45, 2.75) is 20.8 Å². The number of hydrogen-bond acceptors (Lipinski definition) is 3. The van der Waals surface area contributed by atoms with Crippen LogP contribution in [0.25, 0.3) is 5.53 Å². The standard InChI is InChI=1S/C11H17N3.Cr.2H2O.2O/c1-4-14(5-2)10-6-7-11(13-12)9(3)8-10;;;;;/h6-9H,4-5H2,1-3H3;;2*1H2;;/q;+2;;;;/p-2. The van der Waals surface area contributed by atoms with Gasteiger partial charge in [0.2, 0.25) is 0 Å². The van der Waals surface area contributed by atoms with Crippen LogP contribution in [0, 0.1) is 5.92 Å². The second kappa shape index (κ2) is 8.00. The first-order valence-electron chi connectivity index (χ1n) is 5.79. The second-order valence-corrected chi connectivity index (χ2v) is 5.26. The Hall–Kier alpha value is -1.29. The first-order valence-corrected chi connectivity index (χ1v) is 7.97. The maximum atomic E-state index is 8.82. The molecule has 0 aromatic carbocycles. The minimum atomic E-state index is -5.25. The number of rotatable bonds is 3. The fourth-order valence-corrected chi connectivity index (χ4v) is 1.64. The molecule has 2 N–H and O–H groups in total. The molecule has 0 amide bonds. The summed E-state index contributed by atoms with van der Waals surface area (Å²) in [4.78, 5) is 5.52. The average molecular weight is 309 g/mol. The zero-order valence-electron chi connectivity index (χ0n) is 11.2. The zero-order valence-corrected chi connectivity index (χ0v) is 12.5. The summed E-state index contributed by atoms with van der Waals surface area (Å²) in [6.07, 6.45) is 6.00. The number of hydrogen-bond donors (Lipinski definition) is 2. The molecule has 0 spiro atoms. The van der Waals surface area contributed by atoms with Crippen LogP contribution in [0.4, 0.5) is 0 Å². The molecular weight excluding hydrogens is 290 g/mol. The molecule has 0 saturated heterocycles. The number of allylic oxidation sites excluding steroid dienone is 3. The van der Waals surface area contributed by atoms with Gasteiger partial charge in [-0.2, -0.15) is 4.79 Å². The first kappa shape index (κ1) is 17.7. The third-order valence-corrected chi connectivity index (χ3v) is 2.56. The second-order valence-electron chi connectivity index (χ2n) is 3.86. The fraction of sp³-hybridized carbons (Fsp3) is 0.545. The minimum absolute atomic E-state index is 0.195. The summed E-state index contributed by atoms with van der Waals surface area (Å²) >= 11 is -5.25. The van der Waals surface area contributed by atoms with E-state index in [0.29, 0.717) is 0 Å². The van der Waals surface area contributed by atoms with Crippen molar-refractivity contribution in [3.05, 3.63) is 29.5 Å². The topological polar surface area (TPSA) is 114 Å². The van der Waals surface area contributed by atoms with Crippen molar-refractivity contribution in [3.8, 4) is 0 Å². The van der Waals surface area contributed by atoms with Gasteiger partial charge in [0.1, 0.15) is 0 Å². The van der Waals surface area contributed by atoms with Crippen molar-refractivity contribution >= 4 is 5.71 Å². The summed E-state index contributed by atoms with van der Waals surface area (Å²) in [5, 5.41) is 0. The summed E-state index contributed by atoms with van der Waals surface area (Å²) < 4.78 is 31.9. The molecule has 1 rings (SSSR count). The Labute approximate surface area is 114 Å². The molecule has 1 atom stereocenters. The van der Waals surface area contributed by atoms with E-state index in [9.17, 15) is 0 Å². The molecule has 1 unspecified atom stereocenters. The van der Waals surface area contributed by atoms with Crippen molar-refractivity contribution in [2.24, 2.45) is 5.92 Å². The van der Waals surface area contributed by atoms with Gasteiger partial charge >= 0.3 is 29.5 Å². The fourth-order valence-electron chi connectivity index (χ4n) is 1.64. The van der Waals surface area contributed by atoms with Gasteiger partial charge in [-0.05, 0) is 32.9 Å². The third kappa shape index (κ3) is 7.67. The molecule has 108 valence electrons. The van der Waals surface area contributed by atoms with E-state index in [1.54, 1.807) is 0 Å². The van der Waals surface area contributed by atoms with Crippen LogP contribution in [0.3, 0.4) is 0 Å². The van der Waals surface area contributed by atoms with E-state index < -0.39 is 13.6 Å². The van der Waals surface area contributed by atoms with E-state index in [1.165, 1.54) is 5.70 Å². The molecule has 8 heteroatoms. The van der Waals surface area contributed by atoms with Gasteiger partial charge in [-0.15, -0.1) is 0 Å². The Morgan fingerprint density at radius 3 is 2.11 bits per heavy atom. The molecule has 0 saturated carbocycles. The van der Waals surface area contributed by atoms with E-state index in [2.05, 4.69) is 29.6 Å². The Morgan fingerprint density at radius 1 is 1.32 bits per heavy atom. The molecule has 0 aromatic rings. The molecule has 7 nitrogen and oxygen atoms in total. The Balaban J connectivity index is 0.000000555. The molecule has 0 radical (unpaired) electrons. The van der Waals surface area contributed by atoms with Crippen LogP contribution in [0.2, 0.25) is 0 Å². The van der Waals surface area contributed by atoms with Gasteiger partial charge in [0, 0.05) is 24.9 Å². The van der Waals surface area contributed by atoms with E-state index in [4.69, 9.17) is 21.5 Å². The summed E-state index contributed by atoms with van der Waals surface area (Å²) in [6.45, 7) is 8.31. The summed E-state index contributed by atoms with van der Waals surface area (Å²) in [5.41, 5.74) is 10.6. The molecule has 0 aromatic heterocycles. The van der Waals surface area contributed by atoms with E-state index in [-0.39, 0.29) is 5.92 Å². The van der Waals surface area contributed by atoms with Crippen molar-refractivity contribution in [1.29, 1.82) is 0 Å². The zero-order chi connectivity index (χ0) is 15.1. The van der Waals surface area contributed by atoms with Crippen LogP contribution < -0.4 is 0 Å². The van der Waals surface area contributed by atoms with Crippen LogP contribution in [0.5, 0.6) is 0 Å². The van der Waals surface area contributed by atoms with Gasteiger partial charge in [0.05, 0.1) is 5.92 Å². The molecule has 19 heavy (non-hydrogen) atoms. The van der Waals surface area contributed by atoms with E-state index in [0.717, 1.165) is 18.8 Å². The number of nitrogens with zero attached hydrogens (tertiary/aromatic N) is 3. The third-order valence-electron chi connectivity index (χ3n) is 2.56. The summed E-state index contributed by atoms with van der Waals surface area (Å²) in [5.74, 6) is 0.195. The van der Waals surface area contributed by atoms with E-state index >= 15 is 0 Å². The summed E-state index contributed by atoms with van der Waals surface area (Å²) in [7, 11) is 0. The SMILES string of the molecule is CCN(CC)C1=CC(C)C(=[N+]=[N-])C=C1.[O]=[Cr](=[O])([OH])[OH]. The van der Waals surface area contributed by atoms with Crippen LogP contribution in [0.1, 0.15) is 20.8 Å². The average Bonchev–Trinajstić information content (AvgIpc) is 2.29. The van der Waals surface area contributed by atoms with Gasteiger partial charge in [0.25, 0.3) is 5.71 Å². The van der Waals surface area contributed by atoms with Gasteiger partial charge in [-0.25, -0.2) is 0 Å². The van der Waals surface area contributed by atoms with Gasteiger partial charge in [-0.3, -0.25) is 0 Å². The van der Waals surface area contributed by atoms with Gasteiger partial charge in [0.15, 0.2) is 0 Å². The predicted molar refractivity (Wildman–Crippen MR) is 63.7 cm³/mol. The quantitative estimate of drug-likeness (QED) is 0.589. The van der Waals surface area contributed by atoms with Crippen molar-refractivity contribution in [3.63, 3.8) is 0 Å². The molecule has 1 aliphatic rings. The molecule has 0 aliphatic heterocycles. The number of likely N-dealkylation sites (N-methyl/N-ethyl adjacent to an activating group) is 1. The van der Waals surface area contributed by atoms with Crippen LogP contribution >= 0.6 is 0 Å². The van der Waals surface area contributed by atoms with Crippen molar-refractivity contribution < 1.29 is 34.3 Å². The maximum absolute atomic E-state index is 8.82. The molecule has 0 fully saturated rings. The van der Waals surface area contributed by atoms with E-state index in [1.807, 2.05) is 19.1 Å². The first-order chi connectivity index (χ1) is 8.72. The van der Waals surface area contributed by atoms with Crippen LogP contribution in [-0.2, 0) is 21.2 Å². The Kier molecular flexibility index (Phi) is 7.46.